The number of carboxylic acid groups (broad SMARTS) is 1. The number of halogens is 1. The third kappa shape index (κ3) is 2.95. The van der Waals surface area contributed by atoms with Crippen molar-refractivity contribution >= 4 is 17.6 Å². The van der Waals surface area contributed by atoms with Crippen molar-refractivity contribution in [2.75, 3.05) is 0 Å². The summed E-state index contributed by atoms with van der Waals surface area (Å²) < 4.78 is 3.55. The van der Waals surface area contributed by atoms with E-state index in [4.69, 9.17) is 16.7 Å². The molecule has 7 heteroatoms. The molecule has 0 bridgehead atoms. The lowest BCUT2D eigenvalue weighted by atomic mass is 10.1. The predicted molar refractivity (Wildman–Crippen MR) is 79.7 cm³/mol. The SMILES string of the molecule is CCc1nn(C)c(Cn2nc(C)c(CC(=O)O)c2C)c1Cl. The lowest BCUT2D eigenvalue weighted by Gasteiger charge is -2.06. The molecule has 1 N–H and O–H groups in total. The van der Waals surface area contributed by atoms with Crippen LogP contribution >= 0.6 is 11.6 Å². The quantitative estimate of drug-likeness (QED) is 0.918. The lowest BCUT2D eigenvalue weighted by Crippen LogP contribution is -2.09. The van der Waals surface area contributed by atoms with Crippen LogP contribution in [0.3, 0.4) is 0 Å². The van der Waals surface area contributed by atoms with Crippen LogP contribution in [0.5, 0.6) is 0 Å². The number of aryl methyl sites for hydroxylation is 3. The highest BCUT2D eigenvalue weighted by molar-refractivity contribution is 6.31. The van der Waals surface area contributed by atoms with Gasteiger partial charge in [0.25, 0.3) is 0 Å². The first kappa shape index (κ1) is 15.6. The van der Waals surface area contributed by atoms with Crippen LogP contribution in [-0.4, -0.2) is 30.6 Å². The molecule has 0 radical (unpaired) electrons. The van der Waals surface area contributed by atoms with Gasteiger partial charge in [0, 0.05) is 18.3 Å². The summed E-state index contributed by atoms with van der Waals surface area (Å²) in [6.45, 7) is 6.19. The summed E-state index contributed by atoms with van der Waals surface area (Å²) in [5.41, 5.74) is 4.09. The van der Waals surface area contributed by atoms with E-state index in [9.17, 15) is 4.79 Å². The summed E-state index contributed by atoms with van der Waals surface area (Å²) >= 11 is 6.34. The lowest BCUT2D eigenvalue weighted by molar-refractivity contribution is -0.136. The Morgan fingerprint density at radius 3 is 2.52 bits per heavy atom. The third-order valence-corrected chi connectivity index (χ3v) is 4.10. The number of nitrogens with zero attached hydrogens (tertiary/aromatic N) is 4. The summed E-state index contributed by atoms with van der Waals surface area (Å²) in [6, 6.07) is 0. The van der Waals surface area contributed by atoms with E-state index in [-0.39, 0.29) is 6.42 Å². The van der Waals surface area contributed by atoms with Gasteiger partial charge in [-0.1, -0.05) is 18.5 Å². The number of hydrogen-bond acceptors (Lipinski definition) is 3. The molecule has 0 unspecified atom stereocenters. The molecular weight excluding hydrogens is 292 g/mol. The summed E-state index contributed by atoms with van der Waals surface area (Å²) in [4.78, 5) is 10.9. The maximum atomic E-state index is 10.9. The van der Waals surface area contributed by atoms with E-state index >= 15 is 0 Å². The molecule has 0 aliphatic carbocycles. The second kappa shape index (κ2) is 5.89. The van der Waals surface area contributed by atoms with Gasteiger partial charge in [-0.05, 0) is 20.3 Å². The molecule has 2 aromatic heterocycles. The third-order valence-electron chi connectivity index (χ3n) is 3.66. The minimum Gasteiger partial charge on any atom is -0.481 e. The molecule has 0 amide bonds. The Hall–Kier alpha value is -1.82. The van der Waals surface area contributed by atoms with Crippen molar-refractivity contribution in [2.24, 2.45) is 7.05 Å². The Kier molecular flexibility index (Phi) is 4.37. The van der Waals surface area contributed by atoms with Crippen LogP contribution in [0.2, 0.25) is 5.02 Å². The van der Waals surface area contributed by atoms with Crippen LogP contribution in [0.15, 0.2) is 0 Å². The van der Waals surface area contributed by atoms with Gasteiger partial charge in [-0.15, -0.1) is 0 Å². The highest BCUT2D eigenvalue weighted by atomic mass is 35.5. The molecule has 2 rings (SSSR count). The molecular formula is C14H19ClN4O2. The smallest absolute Gasteiger partial charge is 0.307 e. The van der Waals surface area contributed by atoms with Crippen molar-refractivity contribution < 1.29 is 9.90 Å². The molecule has 0 aromatic carbocycles. The number of aromatic nitrogens is 4. The Morgan fingerprint density at radius 2 is 2.00 bits per heavy atom. The number of aliphatic carboxylic acids is 1. The van der Waals surface area contributed by atoms with Crippen molar-refractivity contribution in [3.05, 3.63) is 33.4 Å². The minimum atomic E-state index is -0.854. The van der Waals surface area contributed by atoms with Crippen LogP contribution in [0.25, 0.3) is 0 Å². The zero-order valence-electron chi connectivity index (χ0n) is 12.6. The van der Waals surface area contributed by atoms with Gasteiger partial charge >= 0.3 is 5.97 Å². The van der Waals surface area contributed by atoms with Crippen molar-refractivity contribution in [1.82, 2.24) is 19.6 Å². The molecule has 0 spiro atoms. The Balaban J connectivity index is 2.37. The van der Waals surface area contributed by atoms with Crippen LogP contribution in [0.1, 0.15) is 35.3 Å². The maximum absolute atomic E-state index is 10.9. The number of rotatable bonds is 5. The Labute approximate surface area is 128 Å². The van der Waals surface area contributed by atoms with E-state index in [2.05, 4.69) is 10.2 Å². The predicted octanol–water partition coefficient (Wildman–Crippen LogP) is 2.12. The summed E-state index contributed by atoms with van der Waals surface area (Å²) in [6.07, 6.45) is 0.755. The average molecular weight is 311 g/mol. The van der Waals surface area contributed by atoms with Gasteiger partial charge in [0.1, 0.15) is 0 Å². The zero-order chi connectivity index (χ0) is 15.7. The van der Waals surface area contributed by atoms with Crippen LogP contribution < -0.4 is 0 Å². The second-order valence-electron chi connectivity index (χ2n) is 5.06. The van der Waals surface area contributed by atoms with Gasteiger partial charge < -0.3 is 5.11 Å². The normalized spacial score (nSPS) is 11.1. The van der Waals surface area contributed by atoms with Gasteiger partial charge in [-0.25, -0.2) is 0 Å². The van der Waals surface area contributed by atoms with Gasteiger partial charge in [0.05, 0.1) is 35.1 Å². The Bertz CT molecular complexity index is 688. The van der Waals surface area contributed by atoms with Crippen molar-refractivity contribution in [3.63, 3.8) is 0 Å². The molecule has 6 nitrogen and oxygen atoms in total. The molecule has 0 aliphatic heterocycles. The van der Waals surface area contributed by atoms with E-state index in [0.29, 0.717) is 11.6 Å². The number of carbonyl (C=O) groups is 1. The minimum absolute atomic E-state index is 0.0169. The average Bonchev–Trinajstić information content (AvgIpc) is 2.83. The van der Waals surface area contributed by atoms with Crippen LogP contribution in [-0.2, 0) is 31.2 Å². The van der Waals surface area contributed by atoms with Crippen LogP contribution in [0.4, 0.5) is 0 Å². The number of hydrogen-bond donors (Lipinski definition) is 1. The molecule has 114 valence electrons. The fourth-order valence-corrected chi connectivity index (χ4v) is 2.78. The van der Waals surface area contributed by atoms with E-state index in [1.165, 1.54) is 0 Å². The first-order valence-electron chi connectivity index (χ1n) is 6.80. The Morgan fingerprint density at radius 1 is 1.33 bits per heavy atom. The van der Waals surface area contributed by atoms with Crippen molar-refractivity contribution in [2.45, 2.75) is 40.2 Å². The highest BCUT2D eigenvalue weighted by Gasteiger charge is 2.18. The molecule has 0 atom stereocenters. The topological polar surface area (TPSA) is 72.9 Å². The fourth-order valence-electron chi connectivity index (χ4n) is 2.43. The van der Waals surface area contributed by atoms with Gasteiger partial charge in [0.15, 0.2) is 0 Å². The summed E-state index contributed by atoms with van der Waals surface area (Å²) in [5, 5.41) is 18.4. The second-order valence-corrected chi connectivity index (χ2v) is 5.44. The molecule has 2 aromatic rings. The monoisotopic (exact) mass is 310 g/mol. The number of carboxylic acids is 1. The maximum Gasteiger partial charge on any atom is 0.307 e. The highest BCUT2D eigenvalue weighted by Crippen LogP contribution is 2.23. The van der Waals surface area contributed by atoms with Crippen LogP contribution in [0, 0.1) is 13.8 Å². The van der Waals surface area contributed by atoms with E-state index in [0.717, 1.165) is 34.8 Å². The van der Waals surface area contributed by atoms with Gasteiger partial charge in [-0.3, -0.25) is 14.2 Å². The van der Waals surface area contributed by atoms with Gasteiger partial charge in [0.2, 0.25) is 0 Å². The van der Waals surface area contributed by atoms with E-state index in [1.54, 1.807) is 9.36 Å². The molecule has 21 heavy (non-hydrogen) atoms. The van der Waals surface area contributed by atoms with Crippen molar-refractivity contribution in [1.29, 1.82) is 0 Å². The first-order chi connectivity index (χ1) is 9.85. The standard InChI is InChI=1S/C14H19ClN4O2/c1-5-11-14(15)12(18(4)17-11)7-19-9(3)10(6-13(20)21)8(2)16-19/h5-7H2,1-4H3,(H,20,21). The largest absolute Gasteiger partial charge is 0.481 e. The fraction of sp³-hybridized carbons (Fsp3) is 0.500. The first-order valence-corrected chi connectivity index (χ1v) is 7.17. The van der Waals surface area contributed by atoms with Crippen molar-refractivity contribution in [3.8, 4) is 0 Å². The molecule has 0 saturated heterocycles. The zero-order valence-corrected chi connectivity index (χ0v) is 13.4. The van der Waals surface area contributed by atoms with Gasteiger partial charge in [-0.2, -0.15) is 10.2 Å². The molecule has 2 heterocycles. The van der Waals surface area contributed by atoms with E-state index < -0.39 is 5.97 Å². The summed E-state index contributed by atoms with van der Waals surface area (Å²) in [5.74, 6) is -0.854. The molecule has 0 aliphatic rings. The van der Waals surface area contributed by atoms with E-state index in [1.807, 2.05) is 27.8 Å². The molecule has 0 saturated carbocycles. The molecule has 0 fully saturated rings. The summed E-state index contributed by atoms with van der Waals surface area (Å²) in [7, 11) is 1.85.